The first-order chi connectivity index (χ1) is 11.2. The van der Waals surface area contributed by atoms with E-state index in [4.69, 9.17) is 0 Å². The van der Waals surface area contributed by atoms with Crippen LogP contribution in [0.1, 0.15) is 0 Å². The maximum Gasteiger partial charge on any atom is 0.263 e. The van der Waals surface area contributed by atoms with Gasteiger partial charge >= 0.3 is 0 Å². The lowest BCUT2D eigenvalue weighted by atomic mass is 10.1. The summed E-state index contributed by atoms with van der Waals surface area (Å²) in [5, 5.41) is 9.36. The van der Waals surface area contributed by atoms with Crippen LogP contribution >= 0.6 is 0 Å². The Kier molecular flexibility index (Phi) is 2.94. The van der Waals surface area contributed by atoms with Gasteiger partial charge in [0, 0.05) is 0 Å². The Bertz CT molecular complexity index is 807. The first kappa shape index (κ1) is 13.6. The molecule has 2 aromatic carbocycles. The molecule has 0 N–H and O–H groups in total. The van der Waals surface area contributed by atoms with Crippen molar-refractivity contribution in [2.24, 2.45) is 10.3 Å². The molecule has 0 aromatic heterocycles. The minimum atomic E-state index is -0.868. The van der Waals surface area contributed by atoms with Gasteiger partial charge in [-0.15, -0.1) is 0 Å². The number of fused-ring (bicyclic) bond motifs is 1. The molecule has 0 spiro atoms. The molecule has 114 valence electrons. The van der Waals surface area contributed by atoms with E-state index in [1.165, 1.54) is 29.3 Å². The molecule has 2 aliphatic rings. The first-order valence-electron chi connectivity index (χ1n) is 7.05. The van der Waals surface area contributed by atoms with Crippen LogP contribution in [0.2, 0.25) is 0 Å². The number of benzene rings is 2. The van der Waals surface area contributed by atoms with Gasteiger partial charge in [-0.2, -0.15) is 5.11 Å². The smallest absolute Gasteiger partial charge is 0.263 e. The van der Waals surface area contributed by atoms with Crippen molar-refractivity contribution in [2.75, 3.05) is 9.91 Å². The van der Waals surface area contributed by atoms with E-state index in [1.807, 2.05) is 18.2 Å². The van der Waals surface area contributed by atoms with Gasteiger partial charge in [0.2, 0.25) is 0 Å². The molecule has 0 bridgehead atoms. The second kappa shape index (κ2) is 4.98. The van der Waals surface area contributed by atoms with Gasteiger partial charge in [0.25, 0.3) is 11.8 Å². The molecule has 7 heteroatoms. The van der Waals surface area contributed by atoms with E-state index in [0.717, 1.165) is 4.90 Å². The fraction of sp³-hybridized carbons (Fsp3) is 0.125. The molecule has 0 aliphatic carbocycles. The third kappa shape index (κ3) is 2.01. The molecular formula is C16H11FN4O2. The monoisotopic (exact) mass is 310 g/mol. The molecule has 23 heavy (non-hydrogen) atoms. The van der Waals surface area contributed by atoms with Crippen molar-refractivity contribution in [3.05, 3.63) is 60.4 Å². The Balaban J connectivity index is 1.70. The SMILES string of the molecule is O=C1C2N=NN(c3ccccc3)C2C(=O)N1c1ccc(F)cc1. The molecule has 2 heterocycles. The summed E-state index contributed by atoms with van der Waals surface area (Å²) in [6.45, 7) is 0. The van der Waals surface area contributed by atoms with Crippen LogP contribution in [-0.2, 0) is 9.59 Å². The Hall–Kier alpha value is -3.09. The van der Waals surface area contributed by atoms with Crippen molar-refractivity contribution in [1.29, 1.82) is 0 Å². The number of carbonyl (C=O) groups excluding carboxylic acids is 2. The van der Waals surface area contributed by atoms with Gasteiger partial charge < -0.3 is 0 Å². The van der Waals surface area contributed by atoms with E-state index in [9.17, 15) is 14.0 Å². The van der Waals surface area contributed by atoms with Gasteiger partial charge in [-0.25, -0.2) is 14.3 Å². The van der Waals surface area contributed by atoms with Crippen LogP contribution in [0, 0.1) is 5.82 Å². The van der Waals surface area contributed by atoms with Crippen molar-refractivity contribution >= 4 is 23.2 Å². The van der Waals surface area contributed by atoms with Crippen molar-refractivity contribution in [3.63, 3.8) is 0 Å². The summed E-state index contributed by atoms with van der Waals surface area (Å²) in [6.07, 6.45) is 0. The molecule has 6 nitrogen and oxygen atoms in total. The molecule has 2 amide bonds. The maximum absolute atomic E-state index is 13.1. The minimum Gasteiger partial charge on any atom is -0.271 e. The lowest BCUT2D eigenvalue weighted by Crippen LogP contribution is -2.39. The standard InChI is InChI=1S/C16H11FN4O2/c17-10-6-8-11(9-7-10)20-15(22)13-14(16(20)23)21(19-18-13)12-4-2-1-3-5-12/h1-9,13-14H. The number of anilines is 2. The van der Waals surface area contributed by atoms with Gasteiger partial charge in [-0.05, 0) is 36.4 Å². The number of amides is 2. The molecule has 2 atom stereocenters. The summed E-state index contributed by atoms with van der Waals surface area (Å²) in [5.74, 6) is -1.30. The van der Waals surface area contributed by atoms with Crippen LogP contribution in [0.15, 0.2) is 64.9 Å². The molecule has 0 radical (unpaired) electrons. The fourth-order valence-electron chi connectivity index (χ4n) is 2.80. The molecule has 0 saturated carbocycles. The minimum absolute atomic E-state index is 0.332. The average molecular weight is 310 g/mol. The summed E-state index contributed by atoms with van der Waals surface area (Å²) in [5.41, 5.74) is 1.02. The van der Waals surface area contributed by atoms with E-state index in [1.54, 1.807) is 12.1 Å². The van der Waals surface area contributed by atoms with Crippen LogP contribution in [0.25, 0.3) is 0 Å². The molecular weight excluding hydrogens is 299 g/mol. The third-order valence-electron chi connectivity index (χ3n) is 3.89. The topological polar surface area (TPSA) is 65.3 Å². The summed E-state index contributed by atoms with van der Waals surface area (Å²) >= 11 is 0. The van der Waals surface area contributed by atoms with E-state index in [-0.39, 0.29) is 0 Å². The molecule has 1 fully saturated rings. The Morgan fingerprint density at radius 1 is 0.870 bits per heavy atom. The molecule has 2 aromatic rings. The van der Waals surface area contributed by atoms with E-state index < -0.39 is 29.7 Å². The normalized spacial score (nSPS) is 22.8. The van der Waals surface area contributed by atoms with Crippen molar-refractivity contribution in [2.45, 2.75) is 12.1 Å². The fourth-order valence-corrected chi connectivity index (χ4v) is 2.80. The Morgan fingerprint density at radius 2 is 1.57 bits per heavy atom. The molecule has 2 unspecified atom stereocenters. The molecule has 1 saturated heterocycles. The highest BCUT2D eigenvalue weighted by molar-refractivity contribution is 6.26. The van der Waals surface area contributed by atoms with Crippen molar-refractivity contribution in [3.8, 4) is 0 Å². The number of imide groups is 1. The second-order valence-electron chi connectivity index (χ2n) is 5.26. The highest BCUT2D eigenvalue weighted by Crippen LogP contribution is 2.34. The maximum atomic E-state index is 13.1. The average Bonchev–Trinajstić information content (AvgIpc) is 3.11. The van der Waals surface area contributed by atoms with E-state index in [2.05, 4.69) is 10.3 Å². The number of halogens is 1. The summed E-state index contributed by atoms with van der Waals surface area (Å²) in [4.78, 5) is 26.3. The van der Waals surface area contributed by atoms with Crippen LogP contribution in [0.3, 0.4) is 0 Å². The summed E-state index contributed by atoms with van der Waals surface area (Å²) in [6, 6.07) is 12.6. The van der Waals surface area contributed by atoms with Gasteiger partial charge in [0.15, 0.2) is 12.1 Å². The number of nitrogens with zero attached hydrogens (tertiary/aromatic N) is 4. The molecule has 4 rings (SSSR count). The number of carbonyl (C=O) groups is 2. The lowest BCUT2D eigenvalue weighted by molar-refractivity contribution is -0.121. The Labute approximate surface area is 130 Å². The van der Waals surface area contributed by atoms with Gasteiger partial charge in [-0.1, -0.05) is 23.4 Å². The summed E-state index contributed by atoms with van der Waals surface area (Å²) < 4.78 is 13.1. The second-order valence-corrected chi connectivity index (χ2v) is 5.26. The van der Waals surface area contributed by atoms with Gasteiger partial charge in [-0.3, -0.25) is 9.59 Å². The zero-order chi connectivity index (χ0) is 16.0. The zero-order valence-corrected chi connectivity index (χ0v) is 11.8. The van der Waals surface area contributed by atoms with Crippen LogP contribution in [-0.4, -0.2) is 23.9 Å². The van der Waals surface area contributed by atoms with Gasteiger partial charge in [0.05, 0.1) is 11.4 Å². The largest absolute Gasteiger partial charge is 0.271 e. The van der Waals surface area contributed by atoms with E-state index in [0.29, 0.717) is 11.4 Å². The quantitative estimate of drug-likeness (QED) is 0.800. The number of para-hydroxylation sites is 1. The molecule has 2 aliphatic heterocycles. The zero-order valence-electron chi connectivity index (χ0n) is 11.8. The third-order valence-corrected chi connectivity index (χ3v) is 3.89. The number of hydrogen-bond donors (Lipinski definition) is 0. The van der Waals surface area contributed by atoms with Crippen molar-refractivity contribution in [1.82, 2.24) is 0 Å². The van der Waals surface area contributed by atoms with Crippen LogP contribution < -0.4 is 9.91 Å². The van der Waals surface area contributed by atoms with Gasteiger partial charge in [0.1, 0.15) is 5.82 Å². The van der Waals surface area contributed by atoms with Crippen LogP contribution in [0.4, 0.5) is 15.8 Å². The number of hydrogen-bond acceptors (Lipinski definition) is 5. The number of rotatable bonds is 2. The highest BCUT2D eigenvalue weighted by Gasteiger charge is 2.55. The highest BCUT2D eigenvalue weighted by atomic mass is 19.1. The Morgan fingerprint density at radius 3 is 2.26 bits per heavy atom. The van der Waals surface area contributed by atoms with Crippen LogP contribution in [0.5, 0.6) is 0 Å². The first-order valence-corrected chi connectivity index (χ1v) is 7.05. The lowest BCUT2D eigenvalue weighted by Gasteiger charge is -2.20. The predicted octanol–water partition coefficient (Wildman–Crippen LogP) is 2.32. The predicted molar refractivity (Wildman–Crippen MR) is 80.2 cm³/mol. The van der Waals surface area contributed by atoms with E-state index >= 15 is 0 Å². The van der Waals surface area contributed by atoms with Crippen molar-refractivity contribution < 1.29 is 14.0 Å². The summed E-state index contributed by atoms with van der Waals surface area (Å²) in [7, 11) is 0.